The molecule has 0 heterocycles. The molecule has 0 aromatic heterocycles. The maximum atomic E-state index is 13.0. The fourth-order valence-electron chi connectivity index (χ4n) is 1.73. The molecule has 0 bridgehead atoms. The van der Waals surface area contributed by atoms with Crippen molar-refractivity contribution in [2.75, 3.05) is 5.75 Å². The van der Waals surface area contributed by atoms with Gasteiger partial charge in [-0.15, -0.1) is 11.8 Å². The predicted molar refractivity (Wildman–Crippen MR) is 84.7 cm³/mol. The number of benzene rings is 2. The minimum absolute atomic E-state index is 0.128. The van der Waals surface area contributed by atoms with Crippen molar-refractivity contribution >= 4 is 33.5 Å². The van der Waals surface area contributed by atoms with Crippen molar-refractivity contribution in [3.63, 3.8) is 0 Å². The summed E-state index contributed by atoms with van der Waals surface area (Å²) in [4.78, 5) is 13.0. The van der Waals surface area contributed by atoms with Crippen LogP contribution in [0.4, 0.5) is 4.39 Å². The molecule has 2 aromatic rings. The maximum Gasteiger partial charge on any atom is 0.147 e. The van der Waals surface area contributed by atoms with Crippen LogP contribution in [-0.2, 0) is 11.2 Å². The largest absolute Gasteiger partial charge is 0.298 e. The third-order valence-electron chi connectivity index (χ3n) is 2.82. The first-order valence-corrected chi connectivity index (χ1v) is 7.97. The van der Waals surface area contributed by atoms with E-state index in [0.717, 1.165) is 10.5 Å². The van der Waals surface area contributed by atoms with E-state index in [0.29, 0.717) is 16.6 Å². The van der Waals surface area contributed by atoms with E-state index in [1.54, 1.807) is 6.07 Å². The molecule has 4 heteroatoms. The maximum absolute atomic E-state index is 13.0. The average molecular weight is 353 g/mol. The van der Waals surface area contributed by atoms with E-state index >= 15 is 0 Å². The minimum atomic E-state index is -0.304. The van der Waals surface area contributed by atoms with Crippen molar-refractivity contribution in [2.45, 2.75) is 18.2 Å². The Morgan fingerprint density at radius 1 is 1.20 bits per heavy atom. The summed E-state index contributed by atoms with van der Waals surface area (Å²) in [6, 6.07) is 12.5. The summed E-state index contributed by atoms with van der Waals surface area (Å²) >= 11 is 4.81. The van der Waals surface area contributed by atoms with Gasteiger partial charge in [0.25, 0.3) is 0 Å². The third kappa shape index (κ3) is 4.46. The molecule has 0 unspecified atom stereocenters. The Balaban J connectivity index is 1.90. The van der Waals surface area contributed by atoms with Gasteiger partial charge in [-0.2, -0.15) is 0 Å². The van der Waals surface area contributed by atoms with Crippen molar-refractivity contribution in [2.24, 2.45) is 0 Å². The van der Waals surface area contributed by atoms with Gasteiger partial charge >= 0.3 is 0 Å². The van der Waals surface area contributed by atoms with Crippen LogP contribution in [0.2, 0.25) is 0 Å². The predicted octanol–water partition coefficient (Wildman–Crippen LogP) is 4.80. The Morgan fingerprint density at radius 2 is 1.90 bits per heavy atom. The van der Waals surface area contributed by atoms with Crippen LogP contribution in [0.1, 0.15) is 11.1 Å². The lowest BCUT2D eigenvalue weighted by molar-refractivity contribution is -0.116. The van der Waals surface area contributed by atoms with Crippen molar-refractivity contribution in [1.82, 2.24) is 0 Å². The number of Topliss-reactive ketones (excluding diaryl/α,β-unsaturated/α-hetero) is 1. The fourth-order valence-corrected chi connectivity index (χ4v) is 2.98. The van der Waals surface area contributed by atoms with Crippen LogP contribution in [-0.4, -0.2) is 11.5 Å². The van der Waals surface area contributed by atoms with E-state index in [2.05, 4.69) is 15.9 Å². The first-order valence-electron chi connectivity index (χ1n) is 6.19. The molecule has 0 saturated heterocycles. The van der Waals surface area contributed by atoms with Crippen molar-refractivity contribution in [3.8, 4) is 0 Å². The van der Waals surface area contributed by atoms with Gasteiger partial charge in [-0.1, -0.05) is 39.7 Å². The van der Waals surface area contributed by atoms with Gasteiger partial charge < -0.3 is 0 Å². The number of thioether (sulfide) groups is 1. The summed E-state index contributed by atoms with van der Waals surface area (Å²) in [5, 5.41) is 0. The number of ketones is 1. The number of hydrogen-bond donors (Lipinski definition) is 0. The van der Waals surface area contributed by atoms with Gasteiger partial charge in [-0.25, -0.2) is 4.39 Å². The smallest absolute Gasteiger partial charge is 0.147 e. The van der Waals surface area contributed by atoms with Crippen LogP contribution in [0.5, 0.6) is 0 Å². The van der Waals surface area contributed by atoms with Crippen molar-refractivity contribution in [1.29, 1.82) is 0 Å². The van der Waals surface area contributed by atoms with E-state index in [4.69, 9.17) is 0 Å². The van der Waals surface area contributed by atoms with Crippen molar-refractivity contribution in [3.05, 3.63) is 63.9 Å². The van der Waals surface area contributed by atoms with Gasteiger partial charge in [0.15, 0.2) is 0 Å². The number of aryl methyl sites for hydroxylation is 1. The van der Waals surface area contributed by atoms with Crippen LogP contribution >= 0.6 is 27.7 Å². The highest BCUT2D eigenvalue weighted by atomic mass is 79.9. The summed E-state index contributed by atoms with van der Waals surface area (Å²) in [7, 11) is 0. The van der Waals surface area contributed by atoms with E-state index in [1.165, 1.54) is 29.5 Å². The average Bonchev–Trinajstić information content (AvgIpc) is 2.41. The molecule has 0 saturated carbocycles. The molecule has 104 valence electrons. The number of halogens is 2. The van der Waals surface area contributed by atoms with Gasteiger partial charge in [0, 0.05) is 15.8 Å². The number of carbonyl (C=O) groups excluding carboxylic acids is 1. The molecule has 1 nitrogen and oxygen atoms in total. The standard InChI is InChI=1S/C16H14BrFOS/c1-11-2-6-15(7-3-11)20-10-14(19)8-12-4-5-13(18)9-16(12)17/h2-7,9H,8,10H2,1H3. The third-order valence-corrected chi connectivity index (χ3v) is 4.63. The Hall–Kier alpha value is -1.13. The van der Waals surface area contributed by atoms with Crippen molar-refractivity contribution < 1.29 is 9.18 Å². The lowest BCUT2D eigenvalue weighted by atomic mass is 10.1. The molecular weight excluding hydrogens is 339 g/mol. The highest BCUT2D eigenvalue weighted by molar-refractivity contribution is 9.10. The number of rotatable bonds is 5. The molecule has 0 spiro atoms. The topological polar surface area (TPSA) is 17.1 Å². The SMILES string of the molecule is Cc1ccc(SCC(=O)Cc2ccc(F)cc2Br)cc1. The molecule has 0 radical (unpaired) electrons. The first kappa shape index (κ1) is 15.3. The molecule has 0 N–H and O–H groups in total. The Morgan fingerprint density at radius 3 is 2.55 bits per heavy atom. The second-order valence-electron chi connectivity index (χ2n) is 4.55. The lowest BCUT2D eigenvalue weighted by Crippen LogP contribution is -2.06. The summed E-state index contributed by atoms with van der Waals surface area (Å²) in [5.74, 6) is 0.248. The normalized spacial score (nSPS) is 10.6. The molecule has 0 aliphatic carbocycles. The van der Waals surface area contributed by atoms with E-state index in [9.17, 15) is 9.18 Å². The minimum Gasteiger partial charge on any atom is -0.298 e. The molecule has 2 aromatic carbocycles. The molecule has 0 atom stereocenters. The quantitative estimate of drug-likeness (QED) is 0.719. The molecular formula is C16H14BrFOS. The van der Waals surface area contributed by atoms with Gasteiger partial charge in [0.1, 0.15) is 11.6 Å². The van der Waals surface area contributed by atoms with Gasteiger partial charge in [0.05, 0.1) is 5.75 Å². The van der Waals surface area contributed by atoms with E-state index in [1.807, 2.05) is 31.2 Å². The monoisotopic (exact) mass is 352 g/mol. The van der Waals surface area contributed by atoms with Crippen LogP contribution in [0, 0.1) is 12.7 Å². The summed E-state index contributed by atoms with van der Waals surface area (Å²) in [6.45, 7) is 2.03. The van der Waals surface area contributed by atoms with E-state index in [-0.39, 0.29) is 11.6 Å². The summed E-state index contributed by atoms with van der Waals surface area (Å²) < 4.78 is 13.6. The summed E-state index contributed by atoms with van der Waals surface area (Å²) in [5.41, 5.74) is 2.02. The highest BCUT2D eigenvalue weighted by Crippen LogP contribution is 2.21. The zero-order valence-electron chi connectivity index (χ0n) is 11.0. The molecule has 20 heavy (non-hydrogen) atoms. The number of carbonyl (C=O) groups is 1. The summed E-state index contributed by atoms with van der Waals surface area (Å²) in [6.07, 6.45) is 0.319. The Bertz CT molecular complexity index is 610. The van der Waals surface area contributed by atoms with Gasteiger partial charge in [-0.3, -0.25) is 4.79 Å². The first-order chi connectivity index (χ1) is 9.54. The van der Waals surface area contributed by atoms with Gasteiger partial charge in [0.2, 0.25) is 0 Å². The highest BCUT2D eigenvalue weighted by Gasteiger charge is 2.08. The second-order valence-corrected chi connectivity index (χ2v) is 6.46. The lowest BCUT2D eigenvalue weighted by Gasteiger charge is -2.05. The molecule has 0 fully saturated rings. The van der Waals surface area contributed by atoms with E-state index < -0.39 is 0 Å². The fraction of sp³-hybridized carbons (Fsp3) is 0.188. The van der Waals surface area contributed by atoms with Crippen LogP contribution in [0.25, 0.3) is 0 Å². The molecule has 0 amide bonds. The molecule has 0 aliphatic heterocycles. The zero-order chi connectivity index (χ0) is 14.5. The second kappa shape index (κ2) is 7.04. The van der Waals surface area contributed by atoms with Crippen LogP contribution in [0.3, 0.4) is 0 Å². The molecule has 2 rings (SSSR count). The van der Waals surface area contributed by atoms with Crippen LogP contribution in [0.15, 0.2) is 51.8 Å². The number of hydrogen-bond acceptors (Lipinski definition) is 2. The Kier molecular flexibility index (Phi) is 5.38. The zero-order valence-corrected chi connectivity index (χ0v) is 13.4. The van der Waals surface area contributed by atoms with Gasteiger partial charge in [-0.05, 0) is 36.8 Å². The Labute approximate surface area is 130 Å². The molecule has 0 aliphatic rings. The van der Waals surface area contributed by atoms with Crippen LogP contribution < -0.4 is 0 Å².